The molecule has 0 aliphatic rings. The van der Waals surface area contributed by atoms with Crippen molar-refractivity contribution in [2.75, 3.05) is 0 Å². The van der Waals surface area contributed by atoms with E-state index in [9.17, 15) is 0 Å². The van der Waals surface area contributed by atoms with E-state index < -0.39 is 0 Å². The molecule has 0 atom stereocenters. The van der Waals surface area contributed by atoms with Crippen LogP contribution in [0.3, 0.4) is 0 Å². The van der Waals surface area contributed by atoms with E-state index in [0.717, 1.165) is 27.0 Å². The average Bonchev–Trinajstić information content (AvgIpc) is 2.56. The zero-order valence-electron chi connectivity index (χ0n) is 12.3. The van der Waals surface area contributed by atoms with Crippen LogP contribution in [0.1, 0.15) is 16.7 Å². The summed E-state index contributed by atoms with van der Waals surface area (Å²) < 4.78 is 0.997. The fraction of sp³-hybridized carbons (Fsp3) is 0.0500. The third-order valence-corrected chi connectivity index (χ3v) is 4.20. The molecule has 0 amide bonds. The van der Waals surface area contributed by atoms with Crippen molar-refractivity contribution in [3.63, 3.8) is 0 Å². The van der Waals surface area contributed by atoms with Gasteiger partial charge < -0.3 is 0 Å². The van der Waals surface area contributed by atoms with Gasteiger partial charge in [0.15, 0.2) is 0 Å². The van der Waals surface area contributed by atoms with Crippen LogP contribution in [-0.2, 0) is 0 Å². The number of para-hydroxylation sites is 1. The molecule has 0 bridgehead atoms. The van der Waals surface area contributed by atoms with E-state index in [1.807, 2.05) is 42.5 Å². The summed E-state index contributed by atoms with van der Waals surface area (Å²) in [5, 5.41) is 0. The minimum atomic E-state index is 0.935. The molecule has 0 N–H and O–H groups in total. The molecule has 3 aromatic carbocycles. The molecule has 1 nitrogen and oxygen atoms in total. The third kappa shape index (κ3) is 3.18. The first-order chi connectivity index (χ1) is 10.8. The van der Waals surface area contributed by atoms with E-state index in [1.54, 1.807) is 0 Å². The molecule has 0 saturated heterocycles. The van der Waals surface area contributed by atoms with Crippen molar-refractivity contribution < 1.29 is 0 Å². The van der Waals surface area contributed by atoms with Crippen LogP contribution in [0, 0.1) is 6.92 Å². The maximum absolute atomic E-state index is 4.93. The van der Waals surface area contributed by atoms with Crippen LogP contribution in [0.5, 0.6) is 0 Å². The van der Waals surface area contributed by atoms with Gasteiger partial charge in [0.2, 0.25) is 0 Å². The van der Waals surface area contributed by atoms with Gasteiger partial charge in [-0.2, -0.15) is 0 Å². The number of aliphatic imine (C=N–C) groups is 1. The van der Waals surface area contributed by atoms with Crippen molar-refractivity contribution in [1.29, 1.82) is 0 Å². The Morgan fingerprint density at radius 3 is 2.14 bits per heavy atom. The van der Waals surface area contributed by atoms with Crippen molar-refractivity contribution >= 4 is 27.3 Å². The highest BCUT2D eigenvalue weighted by molar-refractivity contribution is 9.10. The minimum absolute atomic E-state index is 0.935. The van der Waals surface area contributed by atoms with Gasteiger partial charge in [0, 0.05) is 15.6 Å². The van der Waals surface area contributed by atoms with Gasteiger partial charge in [0.05, 0.1) is 11.4 Å². The number of aryl methyl sites for hydroxylation is 1. The zero-order chi connectivity index (χ0) is 15.4. The first-order valence-electron chi connectivity index (χ1n) is 7.20. The van der Waals surface area contributed by atoms with Crippen LogP contribution in [-0.4, -0.2) is 5.71 Å². The predicted molar refractivity (Wildman–Crippen MR) is 97.1 cm³/mol. The van der Waals surface area contributed by atoms with Crippen LogP contribution in [0.15, 0.2) is 88.3 Å². The van der Waals surface area contributed by atoms with Crippen molar-refractivity contribution in [2.45, 2.75) is 6.92 Å². The summed E-state index contributed by atoms with van der Waals surface area (Å²) >= 11 is 3.58. The SMILES string of the molecule is Cc1ccccc1C(=Nc1ccccc1Br)c1ccccc1. The molecule has 0 saturated carbocycles. The predicted octanol–water partition coefficient (Wildman–Crippen LogP) is 5.93. The molecule has 3 rings (SSSR count). The smallest absolute Gasteiger partial charge is 0.0784 e. The van der Waals surface area contributed by atoms with Crippen LogP contribution in [0.4, 0.5) is 5.69 Å². The van der Waals surface area contributed by atoms with Gasteiger partial charge in [0.1, 0.15) is 0 Å². The van der Waals surface area contributed by atoms with Crippen LogP contribution in [0.25, 0.3) is 0 Å². The number of hydrogen-bond donors (Lipinski definition) is 0. The zero-order valence-corrected chi connectivity index (χ0v) is 13.9. The molecule has 0 unspecified atom stereocenters. The summed E-state index contributed by atoms with van der Waals surface area (Å²) in [7, 11) is 0. The Balaban J connectivity index is 2.21. The fourth-order valence-electron chi connectivity index (χ4n) is 2.38. The maximum Gasteiger partial charge on any atom is 0.0784 e. The molecule has 0 radical (unpaired) electrons. The number of rotatable bonds is 3. The summed E-state index contributed by atoms with van der Waals surface area (Å²) in [6, 6.07) is 26.7. The lowest BCUT2D eigenvalue weighted by molar-refractivity contribution is 1.40. The molecular formula is C20H16BrN. The van der Waals surface area contributed by atoms with E-state index in [0.29, 0.717) is 0 Å². The largest absolute Gasteiger partial charge is 0.247 e. The van der Waals surface area contributed by atoms with Crippen LogP contribution < -0.4 is 0 Å². The van der Waals surface area contributed by atoms with Crippen molar-refractivity contribution in [3.05, 3.63) is 100 Å². The molecule has 0 fully saturated rings. The number of hydrogen-bond acceptors (Lipinski definition) is 1. The molecule has 0 aliphatic heterocycles. The quantitative estimate of drug-likeness (QED) is 0.520. The van der Waals surface area contributed by atoms with Crippen molar-refractivity contribution in [2.24, 2.45) is 4.99 Å². The summed E-state index contributed by atoms with van der Waals surface area (Å²) in [5.41, 5.74) is 5.42. The lowest BCUT2D eigenvalue weighted by Gasteiger charge is -2.11. The topological polar surface area (TPSA) is 12.4 Å². The lowest BCUT2D eigenvalue weighted by atomic mass is 9.98. The maximum atomic E-state index is 4.93. The van der Waals surface area contributed by atoms with Crippen molar-refractivity contribution in [1.82, 2.24) is 0 Å². The Hall–Kier alpha value is -2.19. The Morgan fingerprint density at radius 2 is 1.41 bits per heavy atom. The van der Waals surface area contributed by atoms with Crippen molar-refractivity contribution in [3.8, 4) is 0 Å². The van der Waals surface area contributed by atoms with Crippen LogP contribution in [0.2, 0.25) is 0 Å². The lowest BCUT2D eigenvalue weighted by Crippen LogP contribution is -2.05. The fourth-order valence-corrected chi connectivity index (χ4v) is 2.75. The molecule has 3 aromatic rings. The average molecular weight is 350 g/mol. The summed E-state index contributed by atoms with van der Waals surface area (Å²) in [6.45, 7) is 2.12. The first-order valence-corrected chi connectivity index (χ1v) is 7.99. The molecule has 0 aliphatic carbocycles. The monoisotopic (exact) mass is 349 g/mol. The van der Waals surface area contributed by atoms with E-state index in [2.05, 4.69) is 59.3 Å². The summed E-state index contributed by atoms with van der Waals surface area (Å²) in [5.74, 6) is 0. The van der Waals surface area contributed by atoms with E-state index in [-0.39, 0.29) is 0 Å². The standard InChI is InChI=1S/C20H16BrN/c1-15-9-5-6-12-17(15)20(16-10-3-2-4-11-16)22-19-14-8-7-13-18(19)21/h2-14H,1H3. The first kappa shape index (κ1) is 14.7. The van der Waals surface area contributed by atoms with E-state index in [1.165, 1.54) is 5.56 Å². The molecule has 0 aromatic heterocycles. The second-order valence-corrected chi connectivity index (χ2v) is 5.95. The van der Waals surface area contributed by atoms with Gasteiger partial charge >= 0.3 is 0 Å². The molecule has 0 spiro atoms. The van der Waals surface area contributed by atoms with Crippen LogP contribution >= 0.6 is 15.9 Å². The molecule has 0 heterocycles. The Morgan fingerprint density at radius 1 is 0.773 bits per heavy atom. The minimum Gasteiger partial charge on any atom is -0.247 e. The summed E-state index contributed by atoms with van der Waals surface area (Å²) in [4.78, 5) is 4.93. The molecule has 2 heteroatoms. The normalized spacial score (nSPS) is 11.5. The van der Waals surface area contributed by atoms with Gasteiger partial charge in [0.25, 0.3) is 0 Å². The molecular weight excluding hydrogens is 334 g/mol. The Bertz CT molecular complexity index is 807. The second kappa shape index (κ2) is 6.71. The second-order valence-electron chi connectivity index (χ2n) is 5.09. The highest BCUT2D eigenvalue weighted by Crippen LogP contribution is 2.27. The number of halogens is 1. The van der Waals surface area contributed by atoms with Gasteiger partial charge in [-0.1, -0.05) is 66.7 Å². The van der Waals surface area contributed by atoms with Gasteiger partial charge in [-0.25, -0.2) is 4.99 Å². The Labute approximate surface area is 139 Å². The third-order valence-electron chi connectivity index (χ3n) is 3.53. The summed E-state index contributed by atoms with van der Waals surface area (Å²) in [6.07, 6.45) is 0. The molecule has 108 valence electrons. The highest BCUT2D eigenvalue weighted by Gasteiger charge is 2.10. The van der Waals surface area contributed by atoms with Gasteiger partial charge in [-0.3, -0.25) is 0 Å². The van der Waals surface area contributed by atoms with Gasteiger partial charge in [-0.05, 0) is 40.5 Å². The van der Waals surface area contributed by atoms with E-state index >= 15 is 0 Å². The van der Waals surface area contributed by atoms with E-state index in [4.69, 9.17) is 4.99 Å². The van der Waals surface area contributed by atoms with Gasteiger partial charge in [-0.15, -0.1) is 0 Å². The molecule has 22 heavy (non-hydrogen) atoms. The Kier molecular flexibility index (Phi) is 4.50. The number of nitrogens with zero attached hydrogens (tertiary/aromatic N) is 1. The number of benzene rings is 3. The highest BCUT2D eigenvalue weighted by atomic mass is 79.9.